The maximum Gasteiger partial charge on any atom is 0.157 e. The van der Waals surface area contributed by atoms with Crippen molar-refractivity contribution in [2.45, 2.75) is 13.5 Å². The topological polar surface area (TPSA) is 76.7 Å². The van der Waals surface area contributed by atoms with Crippen LogP contribution < -0.4 is 11.1 Å². The summed E-state index contributed by atoms with van der Waals surface area (Å²) in [6.07, 6.45) is 4.94. The van der Waals surface area contributed by atoms with Gasteiger partial charge < -0.3 is 11.1 Å². The molecule has 0 radical (unpaired) electrons. The molecule has 5 nitrogen and oxygen atoms in total. The van der Waals surface area contributed by atoms with E-state index in [1.165, 1.54) is 6.33 Å². The number of hydrogen-bond donors (Lipinski definition) is 2. The van der Waals surface area contributed by atoms with Crippen LogP contribution in [-0.2, 0) is 6.54 Å². The summed E-state index contributed by atoms with van der Waals surface area (Å²) < 4.78 is 0. The van der Waals surface area contributed by atoms with E-state index >= 15 is 0 Å². The van der Waals surface area contributed by atoms with Gasteiger partial charge in [0, 0.05) is 18.9 Å². The lowest BCUT2D eigenvalue weighted by Gasteiger charge is -2.09. The molecule has 0 aliphatic heterocycles. The van der Waals surface area contributed by atoms with Gasteiger partial charge in [-0.25, -0.2) is 9.97 Å². The molecule has 0 amide bonds. The molecule has 3 N–H and O–H groups in total. The van der Waals surface area contributed by atoms with Gasteiger partial charge in [-0.1, -0.05) is 11.6 Å². The Kier molecular flexibility index (Phi) is 3.39. The molecule has 2 aromatic rings. The highest BCUT2D eigenvalue weighted by Crippen LogP contribution is 2.22. The van der Waals surface area contributed by atoms with Crippen molar-refractivity contribution in [2.75, 3.05) is 11.1 Å². The van der Waals surface area contributed by atoms with E-state index in [1.807, 2.05) is 19.2 Å². The Hall–Kier alpha value is -1.88. The van der Waals surface area contributed by atoms with Gasteiger partial charge in [-0.3, -0.25) is 4.98 Å². The largest absolute Gasteiger partial charge is 0.393 e. The van der Waals surface area contributed by atoms with E-state index in [0.717, 1.165) is 11.1 Å². The summed E-state index contributed by atoms with van der Waals surface area (Å²) in [5.41, 5.74) is 8.36. The summed E-state index contributed by atoms with van der Waals surface area (Å²) in [6.45, 7) is 2.62. The van der Waals surface area contributed by atoms with Crippen molar-refractivity contribution in [1.29, 1.82) is 0 Å². The van der Waals surface area contributed by atoms with Gasteiger partial charge in [-0.15, -0.1) is 0 Å². The first-order chi connectivity index (χ1) is 8.18. The summed E-state index contributed by atoms with van der Waals surface area (Å²) in [5.74, 6) is 0.543. The Bertz CT molecular complexity index is 529. The van der Waals surface area contributed by atoms with Crippen molar-refractivity contribution < 1.29 is 0 Å². The van der Waals surface area contributed by atoms with Gasteiger partial charge in [0.2, 0.25) is 0 Å². The smallest absolute Gasteiger partial charge is 0.157 e. The maximum atomic E-state index is 5.80. The Balaban J connectivity index is 2.13. The molecule has 2 aromatic heterocycles. The van der Waals surface area contributed by atoms with Crippen molar-refractivity contribution in [2.24, 2.45) is 0 Å². The molecule has 2 heterocycles. The van der Waals surface area contributed by atoms with Crippen LogP contribution in [0, 0.1) is 6.92 Å². The SMILES string of the molecule is Cc1cnccc1CNc1ncnc(Cl)c1N. The fourth-order valence-corrected chi connectivity index (χ4v) is 1.53. The van der Waals surface area contributed by atoms with Crippen LogP contribution in [0.3, 0.4) is 0 Å². The second kappa shape index (κ2) is 4.97. The molecular formula is C11H12ClN5. The third-order valence-electron chi connectivity index (χ3n) is 2.42. The lowest BCUT2D eigenvalue weighted by molar-refractivity contribution is 1.06. The second-order valence-electron chi connectivity index (χ2n) is 3.58. The minimum absolute atomic E-state index is 0.258. The number of nitrogens with two attached hydrogens (primary N) is 1. The molecule has 0 atom stereocenters. The molecule has 0 fully saturated rings. The molecule has 0 bridgehead atoms. The number of aromatic nitrogens is 3. The number of halogens is 1. The highest BCUT2D eigenvalue weighted by atomic mass is 35.5. The van der Waals surface area contributed by atoms with Crippen molar-refractivity contribution in [3.63, 3.8) is 0 Å². The zero-order chi connectivity index (χ0) is 12.3. The summed E-state index contributed by atoms with van der Waals surface area (Å²) in [4.78, 5) is 11.9. The van der Waals surface area contributed by atoms with Crippen LogP contribution >= 0.6 is 11.6 Å². The second-order valence-corrected chi connectivity index (χ2v) is 3.94. The average Bonchev–Trinajstić information content (AvgIpc) is 2.33. The van der Waals surface area contributed by atoms with Crippen molar-refractivity contribution in [3.8, 4) is 0 Å². The molecule has 88 valence electrons. The number of nitrogens with zero attached hydrogens (tertiary/aromatic N) is 3. The van der Waals surface area contributed by atoms with Gasteiger partial charge in [0.15, 0.2) is 11.0 Å². The Labute approximate surface area is 104 Å². The van der Waals surface area contributed by atoms with E-state index in [2.05, 4.69) is 20.3 Å². The highest BCUT2D eigenvalue weighted by molar-refractivity contribution is 6.32. The van der Waals surface area contributed by atoms with E-state index < -0.39 is 0 Å². The predicted molar refractivity (Wildman–Crippen MR) is 67.8 cm³/mol. The van der Waals surface area contributed by atoms with E-state index in [-0.39, 0.29) is 5.15 Å². The Morgan fingerprint density at radius 2 is 2.24 bits per heavy atom. The van der Waals surface area contributed by atoms with Gasteiger partial charge >= 0.3 is 0 Å². The summed E-state index contributed by atoms with van der Waals surface area (Å²) in [6, 6.07) is 1.95. The van der Waals surface area contributed by atoms with Crippen LogP contribution in [0.4, 0.5) is 11.5 Å². The molecule has 0 aromatic carbocycles. The number of aryl methyl sites for hydroxylation is 1. The number of rotatable bonds is 3. The van der Waals surface area contributed by atoms with E-state index in [1.54, 1.807) is 6.20 Å². The zero-order valence-electron chi connectivity index (χ0n) is 9.31. The molecule has 0 unspecified atom stereocenters. The fourth-order valence-electron chi connectivity index (χ4n) is 1.39. The molecule has 0 saturated heterocycles. The molecule has 0 spiro atoms. The van der Waals surface area contributed by atoms with E-state index in [4.69, 9.17) is 17.3 Å². The number of hydrogen-bond acceptors (Lipinski definition) is 5. The van der Waals surface area contributed by atoms with Gasteiger partial charge in [0.1, 0.15) is 12.0 Å². The first-order valence-electron chi connectivity index (χ1n) is 5.08. The zero-order valence-corrected chi connectivity index (χ0v) is 10.1. The summed E-state index contributed by atoms with van der Waals surface area (Å²) in [5, 5.41) is 3.38. The van der Waals surface area contributed by atoms with E-state index in [9.17, 15) is 0 Å². The summed E-state index contributed by atoms with van der Waals surface area (Å²) >= 11 is 5.80. The minimum Gasteiger partial charge on any atom is -0.393 e. The first-order valence-corrected chi connectivity index (χ1v) is 5.45. The van der Waals surface area contributed by atoms with E-state index in [0.29, 0.717) is 18.1 Å². The van der Waals surface area contributed by atoms with Gasteiger partial charge in [0.25, 0.3) is 0 Å². The maximum absolute atomic E-state index is 5.80. The number of anilines is 2. The molecule has 0 aliphatic carbocycles. The minimum atomic E-state index is 0.258. The lowest BCUT2D eigenvalue weighted by Crippen LogP contribution is -2.06. The van der Waals surface area contributed by atoms with Crippen LogP contribution in [-0.4, -0.2) is 15.0 Å². The third kappa shape index (κ3) is 2.62. The Morgan fingerprint density at radius 3 is 3.00 bits per heavy atom. The number of pyridine rings is 1. The predicted octanol–water partition coefficient (Wildman–Crippen LogP) is 2.03. The normalized spacial score (nSPS) is 10.2. The molecule has 17 heavy (non-hydrogen) atoms. The fraction of sp³-hybridized carbons (Fsp3) is 0.182. The Morgan fingerprint density at radius 1 is 1.41 bits per heavy atom. The van der Waals surface area contributed by atoms with Crippen LogP contribution in [0.2, 0.25) is 5.15 Å². The molecular weight excluding hydrogens is 238 g/mol. The van der Waals surface area contributed by atoms with Gasteiger partial charge in [0.05, 0.1) is 0 Å². The van der Waals surface area contributed by atoms with Crippen molar-refractivity contribution in [1.82, 2.24) is 15.0 Å². The first kappa shape index (κ1) is 11.6. The molecule has 0 aliphatic rings. The van der Waals surface area contributed by atoms with Crippen LogP contribution in [0.15, 0.2) is 24.8 Å². The molecule has 2 rings (SSSR count). The van der Waals surface area contributed by atoms with Crippen LogP contribution in [0.1, 0.15) is 11.1 Å². The quantitative estimate of drug-likeness (QED) is 0.814. The van der Waals surface area contributed by atoms with Crippen LogP contribution in [0.5, 0.6) is 0 Å². The summed E-state index contributed by atoms with van der Waals surface area (Å²) in [7, 11) is 0. The third-order valence-corrected chi connectivity index (χ3v) is 2.72. The lowest BCUT2D eigenvalue weighted by atomic mass is 10.1. The monoisotopic (exact) mass is 249 g/mol. The molecule has 0 saturated carbocycles. The average molecular weight is 250 g/mol. The highest BCUT2D eigenvalue weighted by Gasteiger charge is 2.05. The number of nitrogen functional groups attached to an aromatic ring is 1. The van der Waals surface area contributed by atoms with Crippen molar-refractivity contribution >= 4 is 23.1 Å². The van der Waals surface area contributed by atoms with Gasteiger partial charge in [-0.05, 0) is 24.1 Å². The van der Waals surface area contributed by atoms with Crippen LogP contribution in [0.25, 0.3) is 0 Å². The molecule has 6 heteroatoms. The van der Waals surface area contributed by atoms with Gasteiger partial charge in [-0.2, -0.15) is 0 Å². The standard InChI is InChI=1S/C11H12ClN5/c1-7-4-14-3-2-8(7)5-15-11-9(13)10(12)16-6-17-11/h2-4,6H,5,13H2,1H3,(H,15,16,17). The van der Waals surface area contributed by atoms with Crippen molar-refractivity contribution in [3.05, 3.63) is 41.1 Å². The number of nitrogens with one attached hydrogen (secondary N) is 1.